The Labute approximate surface area is 219 Å². The highest BCUT2D eigenvalue weighted by atomic mass is 16.5. The number of urea groups is 1. The number of carbonyl (C=O) groups is 3. The van der Waals surface area contributed by atoms with Gasteiger partial charge >= 0.3 is 18.0 Å². The van der Waals surface area contributed by atoms with Crippen molar-refractivity contribution < 1.29 is 29.3 Å². The van der Waals surface area contributed by atoms with E-state index in [9.17, 15) is 19.5 Å². The summed E-state index contributed by atoms with van der Waals surface area (Å²) in [6.07, 6.45) is -0.431. The van der Waals surface area contributed by atoms with Gasteiger partial charge in [0.25, 0.3) is 0 Å². The van der Waals surface area contributed by atoms with E-state index < -0.39 is 24.4 Å². The number of ether oxygens (including phenoxy) is 1. The molecule has 0 aromatic heterocycles. The molecule has 4 aromatic rings. The molecule has 0 atom stereocenters. The maximum atomic E-state index is 13.3. The Morgan fingerprint density at radius 1 is 0.711 bits per heavy atom. The third kappa shape index (κ3) is 7.20. The second-order valence-electron chi connectivity index (χ2n) is 8.58. The average molecular weight is 511 g/mol. The molecule has 0 heterocycles. The number of amides is 2. The largest absolute Gasteiger partial charge is 0.481 e. The first-order valence-electron chi connectivity index (χ1n) is 11.9. The van der Waals surface area contributed by atoms with Crippen molar-refractivity contribution in [3.8, 4) is 11.5 Å². The van der Waals surface area contributed by atoms with E-state index in [2.05, 4.69) is 5.32 Å². The molecule has 0 radical (unpaired) electrons. The molecule has 3 N–H and O–H groups in total. The standard InChI is InChI=1S/C30H26N2O6/c33-28(34)17-23-13-14-24(18-27(23)29(35)36)31-30(37)32(19-21-7-3-1-4-8-21)20-22-11-15-26(16-12-22)38-25-9-5-2-6-10-25/h1-16,18H,17,19-20H2,(H,31,37)(H,33,34)(H,35,36). The van der Waals surface area contributed by atoms with Crippen LogP contribution in [0.3, 0.4) is 0 Å². The molecule has 2 amide bonds. The molecular weight excluding hydrogens is 484 g/mol. The summed E-state index contributed by atoms with van der Waals surface area (Å²) in [4.78, 5) is 37.7. The highest BCUT2D eigenvalue weighted by Crippen LogP contribution is 2.23. The molecular formula is C30H26N2O6. The van der Waals surface area contributed by atoms with E-state index in [4.69, 9.17) is 9.84 Å². The van der Waals surface area contributed by atoms with Gasteiger partial charge in [-0.1, -0.05) is 66.7 Å². The third-order valence-electron chi connectivity index (χ3n) is 5.71. The van der Waals surface area contributed by atoms with Crippen molar-refractivity contribution in [2.75, 3.05) is 5.32 Å². The first kappa shape index (κ1) is 26.0. The lowest BCUT2D eigenvalue weighted by atomic mass is 10.0. The van der Waals surface area contributed by atoms with Crippen molar-refractivity contribution in [3.05, 3.63) is 125 Å². The zero-order valence-corrected chi connectivity index (χ0v) is 20.4. The summed E-state index contributed by atoms with van der Waals surface area (Å²) in [5, 5.41) is 21.3. The number of aromatic carboxylic acids is 1. The van der Waals surface area contributed by atoms with Gasteiger partial charge in [0.2, 0.25) is 0 Å². The summed E-state index contributed by atoms with van der Waals surface area (Å²) < 4.78 is 5.85. The Morgan fingerprint density at radius 2 is 1.29 bits per heavy atom. The fraction of sp³-hybridized carbons (Fsp3) is 0.100. The van der Waals surface area contributed by atoms with Gasteiger partial charge in [-0.2, -0.15) is 0 Å². The van der Waals surface area contributed by atoms with Crippen LogP contribution in [0.4, 0.5) is 10.5 Å². The van der Waals surface area contributed by atoms with Crippen LogP contribution < -0.4 is 10.1 Å². The maximum Gasteiger partial charge on any atom is 0.336 e. The van der Waals surface area contributed by atoms with Crippen molar-refractivity contribution >= 4 is 23.7 Å². The number of nitrogens with zero attached hydrogens (tertiary/aromatic N) is 1. The number of carboxylic acid groups (broad SMARTS) is 2. The maximum absolute atomic E-state index is 13.3. The van der Waals surface area contributed by atoms with E-state index in [0.717, 1.165) is 16.9 Å². The minimum Gasteiger partial charge on any atom is -0.481 e. The topological polar surface area (TPSA) is 116 Å². The number of nitrogens with one attached hydrogen (secondary N) is 1. The fourth-order valence-corrected chi connectivity index (χ4v) is 3.88. The van der Waals surface area contributed by atoms with Crippen molar-refractivity contribution in [1.82, 2.24) is 4.90 Å². The molecule has 0 spiro atoms. The highest BCUT2D eigenvalue weighted by Gasteiger charge is 2.18. The Morgan fingerprint density at radius 3 is 1.89 bits per heavy atom. The van der Waals surface area contributed by atoms with Crippen LogP contribution in [0.25, 0.3) is 0 Å². The molecule has 4 aromatic carbocycles. The molecule has 0 saturated carbocycles. The van der Waals surface area contributed by atoms with E-state index in [1.807, 2.05) is 84.9 Å². The monoisotopic (exact) mass is 510 g/mol. The summed E-state index contributed by atoms with van der Waals surface area (Å²) in [6, 6.07) is 30.1. The number of para-hydroxylation sites is 1. The van der Waals surface area contributed by atoms with Gasteiger partial charge in [0, 0.05) is 18.8 Å². The highest BCUT2D eigenvalue weighted by molar-refractivity contribution is 5.95. The molecule has 0 saturated heterocycles. The first-order valence-corrected chi connectivity index (χ1v) is 11.9. The van der Waals surface area contributed by atoms with Crippen molar-refractivity contribution in [2.24, 2.45) is 0 Å². The van der Waals surface area contributed by atoms with Gasteiger partial charge in [-0.3, -0.25) is 4.79 Å². The van der Waals surface area contributed by atoms with Crippen LogP contribution in [-0.4, -0.2) is 33.1 Å². The third-order valence-corrected chi connectivity index (χ3v) is 5.71. The zero-order valence-electron chi connectivity index (χ0n) is 20.4. The first-order chi connectivity index (χ1) is 18.4. The SMILES string of the molecule is O=C(O)Cc1ccc(NC(=O)N(Cc2ccccc2)Cc2ccc(Oc3ccccc3)cc2)cc1C(=O)O. The Balaban J connectivity index is 1.52. The van der Waals surface area contributed by atoms with Gasteiger partial charge in [0.05, 0.1) is 12.0 Å². The van der Waals surface area contributed by atoms with Gasteiger partial charge < -0.3 is 25.2 Å². The Bertz CT molecular complexity index is 1410. The molecule has 0 unspecified atom stereocenters. The second kappa shape index (κ2) is 12.2. The van der Waals surface area contributed by atoms with Crippen LogP contribution in [0.2, 0.25) is 0 Å². The predicted molar refractivity (Wildman–Crippen MR) is 142 cm³/mol. The second-order valence-corrected chi connectivity index (χ2v) is 8.58. The fourth-order valence-electron chi connectivity index (χ4n) is 3.88. The van der Waals surface area contributed by atoms with Gasteiger partial charge in [-0.15, -0.1) is 0 Å². The molecule has 8 nitrogen and oxygen atoms in total. The molecule has 38 heavy (non-hydrogen) atoms. The normalized spacial score (nSPS) is 10.4. The van der Waals surface area contributed by atoms with E-state index in [1.54, 1.807) is 4.90 Å². The number of benzene rings is 4. The lowest BCUT2D eigenvalue weighted by molar-refractivity contribution is -0.136. The van der Waals surface area contributed by atoms with Crippen LogP contribution in [0, 0.1) is 0 Å². The molecule has 0 aliphatic carbocycles. The quantitative estimate of drug-likeness (QED) is 0.240. The van der Waals surface area contributed by atoms with E-state index in [0.29, 0.717) is 12.3 Å². The molecule has 4 rings (SSSR count). The number of aliphatic carboxylic acids is 1. The smallest absolute Gasteiger partial charge is 0.336 e. The summed E-state index contributed by atoms with van der Waals surface area (Å²) in [5.41, 5.74) is 2.04. The van der Waals surface area contributed by atoms with Gasteiger partial charge in [0.15, 0.2) is 0 Å². The van der Waals surface area contributed by atoms with E-state index >= 15 is 0 Å². The van der Waals surface area contributed by atoms with Gasteiger partial charge in [0.1, 0.15) is 11.5 Å². The van der Waals surface area contributed by atoms with E-state index in [-0.39, 0.29) is 23.4 Å². The minimum atomic E-state index is -1.27. The number of carboxylic acids is 2. The minimum absolute atomic E-state index is 0.155. The summed E-state index contributed by atoms with van der Waals surface area (Å²) in [6.45, 7) is 0.604. The van der Waals surface area contributed by atoms with Gasteiger partial charge in [-0.05, 0) is 53.1 Å². The molecule has 8 heteroatoms. The van der Waals surface area contributed by atoms with E-state index in [1.165, 1.54) is 18.2 Å². The summed E-state index contributed by atoms with van der Waals surface area (Å²) in [7, 11) is 0. The van der Waals surface area contributed by atoms with Crippen molar-refractivity contribution in [1.29, 1.82) is 0 Å². The number of rotatable bonds is 10. The van der Waals surface area contributed by atoms with Crippen LogP contribution in [0.1, 0.15) is 27.0 Å². The van der Waals surface area contributed by atoms with Crippen molar-refractivity contribution in [3.63, 3.8) is 0 Å². The molecule has 0 aliphatic rings. The Kier molecular flexibility index (Phi) is 8.35. The number of hydrogen-bond acceptors (Lipinski definition) is 4. The van der Waals surface area contributed by atoms with Crippen LogP contribution in [-0.2, 0) is 24.3 Å². The number of carbonyl (C=O) groups excluding carboxylic acids is 1. The lowest BCUT2D eigenvalue weighted by Crippen LogP contribution is -2.34. The van der Waals surface area contributed by atoms with Crippen LogP contribution >= 0.6 is 0 Å². The average Bonchev–Trinajstić information content (AvgIpc) is 2.91. The summed E-state index contributed by atoms with van der Waals surface area (Å²) >= 11 is 0. The predicted octanol–water partition coefficient (Wildman–Crippen LogP) is 6.04. The van der Waals surface area contributed by atoms with Gasteiger partial charge in [-0.25, -0.2) is 9.59 Å². The van der Waals surface area contributed by atoms with Crippen molar-refractivity contribution in [2.45, 2.75) is 19.5 Å². The number of hydrogen-bond donors (Lipinski definition) is 3. The lowest BCUT2D eigenvalue weighted by Gasteiger charge is -2.24. The summed E-state index contributed by atoms with van der Waals surface area (Å²) in [5.74, 6) is -1.02. The molecule has 0 fully saturated rings. The zero-order chi connectivity index (χ0) is 26.9. The number of anilines is 1. The van der Waals surface area contributed by atoms with Crippen LogP contribution in [0.15, 0.2) is 103 Å². The molecule has 192 valence electrons. The Hall–Kier alpha value is -5.11. The molecule has 0 bridgehead atoms. The van der Waals surface area contributed by atoms with Crippen LogP contribution in [0.5, 0.6) is 11.5 Å². The molecule has 0 aliphatic heterocycles.